The van der Waals surface area contributed by atoms with Crippen LogP contribution >= 0.6 is 12.2 Å². The smallest absolute Gasteiger partial charge is 0.413 e. The predicted octanol–water partition coefficient (Wildman–Crippen LogP) is 4.09. The molecule has 0 aromatic carbocycles. The van der Waals surface area contributed by atoms with E-state index >= 15 is 0 Å². The Hall–Kier alpha value is -0.840. The summed E-state index contributed by atoms with van der Waals surface area (Å²) in [5, 5.41) is 3.10. The van der Waals surface area contributed by atoms with E-state index in [0.29, 0.717) is 5.11 Å². The summed E-state index contributed by atoms with van der Waals surface area (Å²) in [5.74, 6) is 0. The molecule has 0 rings (SSSR count). The maximum Gasteiger partial charge on any atom is 0.413 e. The fourth-order valence-electron chi connectivity index (χ4n) is 1.99. The topological polar surface area (TPSA) is 41.6 Å². The van der Waals surface area contributed by atoms with Crippen LogP contribution in [-0.4, -0.2) is 36.3 Å². The van der Waals surface area contributed by atoms with Gasteiger partial charge in [-0.15, -0.1) is 0 Å². The van der Waals surface area contributed by atoms with Crippen molar-refractivity contribution in [3.8, 4) is 0 Å². The molecule has 0 saturated carbocycles. The van der Waals surface area contributed by atoms with Crippen molar-refractivity contribution in [3.05, 3.63) is 0 Å². The molecule has 0 atom stereocenters. The number of carbonyl (C=O) groups excluding carboxylic acids is 1. The molecule has 0 fully saturated rings. The summed E-state index contributed by atoms with van der Waals surface area (Å²) in [6.07, 6.45) is 9.12. The molecule has 0 aromatic rings. The van der Waals surface area contributed by atoms with Gasteiger partial charge in [-0.1, -0.05) is 52.4 Å². The number of hydrogen-bond donors (Lipinski definition) is 1. The molecular weight excluding hydrogens is 272 g/mol. The molecule has 5 heteroatoms. The zero-order valence-corrected chi connectivity index (χ0v) is 14.1. The van der Waals surface area contributed by atoms with Crippen molar-refractivity contribution in [2.24, 2.45) is 0 Å². The molecule has 0 aliphatic heterocycles. The lowest BCUT2D eigenvalue weighted by Gasteiger charge is -2.25. The lowest BCUT2D eigenvalue weighted by atomic mass is 10.2. The van der Waals surface area contributed by atoms with Crippen molar-refractivity contribution in [1.29, 1.82) is 0 Å². The Labute approximate surface area is 129 Å². The first kappa shape index (κ1) is 19.2. The second-order valence-corrected chi connectivity index (χ2v) is 5.42. The number of thiocarbonyl (C=S) groups is 1. The van der Waals surface area contributed by atoms with E-state index in [1.807, 2.05) is 0 Å². The summed E-state index contributed by atoms with van der Waals surface area (Å²) in [4.78, 5) is 13.3. The molecule has 0 unspecified atom stereocenters. The van der Waals surface area contributed by atoms with Crippen LogP contribution in [0.15, 0.2) is 0 Å². The number of alkyl carbamates (subject to hydrolysis) is 1. The normalized spacial score (nSPS) is 10.2. The summed E-state index contributed by atoms with van der Waals surface area (Å²) < 4.78 is 4.59. The highest BCUT2D eigenvalue weighted by Gasteiger charge is 2.12. The Morgan fingerprint density at radius 1 is 1.00 bits per heavy atom. The fourth-order valence-corrected chi connectivity index (χ4v) is 2.26. The van der Waals surface area contributed by atoms with Crippen LogP contribution in [0.4, 0.5) is 4.79 Å². The van der Waals surface area contributed by atoms with Gasteiger partial charge in [-0.2, -0.15) is 0 Å². The number of nitrogens with one attached hydrogen (secondary N) is 1. The van der Waals surface area contributed by atoms with Gasteiger partial charge in [0, 0.05) is 13.1 Å². The zero-order chi connectivity index (χ0) is 15.2. The van der Waals surface area contributed by atoms with Crippen molar-refractivity contribution in [2.45, 2.75) is 65.2 Å². The minimum absolute atomic E-state index is 0.484. The van der Waals surface area contributed by atoms with E-state index in [2.05, 4.69) is 28.8 Å². The van der Waals surface area contributed by atoms with Gasteiger partial charge in [-0.25, -0.2) is 4.79 Å². The van der Waals surface area contributed by atoms with Crippen LogP contribution < -0.4 is 5.32 Å². The number of amides is 1. The molecule has 0 aliphatic carbocycles. The van der Waals surface area contributed by atoms with E-state index in [9.17, 15) is 4.79 Å². The van der Waals surface area contributed by atoms with Gasteiger partial charge >= 0.3 is 6.09 Å². The van der Waals surface area contributed by atoms with Gasteiger partial charge in [-0.3, -0.25) is 5.32 Å². The second kappa shape index (κ2) is 13.2. The second-order valence-electron chi connectivity index (χ2n) is 5.03. The van der Waals surface area contributed by atoms with Crippen LogP contribution in [0.1, 0.15) is 65.2 Å². The Balaban J connectivity index is 4.14. The van der Waals surface area contributed by atoms with Crippen molar-refractivity contribution in [1.82, 2.24) is 10.2 Å². The van der Waals surface area contributed by atoms with E-state index in [1.165, 1.54) is 45.6 Å². The molecule has 0 spiro atoms. The maximum absolute atomic E-state index is 11.2. The summed E-state index contributed by atoms with van der Waals surface area (Å²) in [7, 11) is 1.35. The number of methoxy groups -OCH3 is 1. The molecule has 0 heterocycles. The first-order valence-electron chi connectivity index (χ1n) is 7.79. The average molecular weight is 302 g/mol. The van der Waals surface area contributed by atoms with Gasteiger partial charge in [0.05, 0.1) is 7.11 Å². The quantitative estimate of drug-likeness (QED) is 0.487. The Morgan fingerprint density at radius 3 is 1.90 bits per heavy atom. The van der Waals surface area contributed by atoms with Crippen LogP contribution in [0.25, 0.3) is 0 Å². The SMILES string of the molecule is CCCCCCN(CCCCCC)C(=S)NC(=O)OC. The van der Waals surface area contributed by atoms with Gasteiger partial charge in [0.15, 0.2) is 5.11 Å². The van der Waals surface area contributed by atoms with Crippen LogP contribution in [0.5, 0.6) is 0 Å². The first-order chi connectivity index (χ1) is 9.65. The lowest BCUT2D eigenvalue weighted by molar-refractivity contribution is 0.175. The zero-order valence-electron chi connectivity index (χ0n) is 13.2. The van der Waals surface area contributed by atoms with Crippen LogP contribution in [-0.2, 0) is 4.74 Å². The first-order valence-corrected chi connectivity index (χ1v) is 8.20. The van der Waals surface area contributed by atoms with E-state index in [1.54, 1.807) is 0 Å². The molecule has 4 nitrogen and oxygen atoms in total. The van der Waals surface area contributed by atoms with Crippen molar-refractivity contribution >= 4 is 23.4 Å². The average Bonchev–Trinajstić information content (AvgIpc) is 2.45. The minimum atomic E-state index is -0.484. The Bertz CT molecular complexity index is 261. The van der Waals surface area contributed by atoms with Gasteiger partial charge in [-0.05, 0) is 25.1 Å². The number of carbonyl (C=O) groups is 1. The standard InChI is InChI=1S/C15H30N2O2S/c1-4-6-8-10-12-17(13-11-9-7-5-2)14(20)16-15(18)19-3/h4-13H2,1-3H3,(H,16,18,20). The monoisotopic (exact) mass is 302 g/mol. The summed E-state index contributed by atoms with van der Waals surface area (Å²) in [5.41, 5.74) is 0. The van der Waals surface area contributed by atoms with Crippen LogP contribution in [0.2, 0.25) is 0 Å². The highest BCUT2D eigenvalue weighted by atomic mass is 32.1. The summed E-state index contributed by atoms with van der Waals surface area (Å²) in [6, 6.07) is 0. The van der Waals surface area contributed by atoms with Crippen molar-refractivity contribution < 1.29 is 9.53 Å². The molecule has 1 amide bonds. The van der Waals surface area contributed by atoms with Gasteiger partial charge < -0.3 is 9.64 Å². The molecule has 0 radical (unpaired) electrons. The Kier molecular flexibility index (Phi) is 12.6. The maximum atomic E-state index is 11.2. The molecule has 118 valence electrons. The molecule has 0 aliphatic rings. The van der Waals surface area contributed by atoms with Crippen LogP contribution in [0.3, 0.4) is 0 Å². The van der Waals surface area contributed by atoms with Crippen molar-refractivity contribution in [2.75, 3.05) is 20.2 Å². The van der Waals surface area contributed by atoms with Gasteiger partial charge in [0.2, 0.25) is 0 Å². The molecule has 0 bridgehead atoms. The summed E-state index contributed by atoms with van der Waals surface area (Å²) >= 11 is 5.29. The highest BCUT2D eigenvalue weighted by molar-refractivity contribution is 7.80. The largest absolute Gasteiger partial charge is 0.453 e. The van der Waals surface area contributed by atoms with Gasteiger partial charge in [0.1, 0.15) is 0 Å². The lowest BCUT2D eigenvalue weighted by Crippen LogP contribution is -2.43. The molecule has 1 N–H and O–H groups in total. The molecule has 0 aromatic heterocycles. The third-order valence-corrected chi connectivity index (χ3v) is 3.61. The van der Waals surface area contributed by atoms with E-state index in [4.69, 9.17) is 12.2 Å². The van der Waals surface area contributed by atoms with E-state index in [0.717, 1.165) is 25.9 Å². The number of nitrogens with zero attached hydrogens (tertiary/aromatic N) is 1. The number of ether oxygens (including phenoxy) is 1. The van der Waals surface area contributed by atoms with Gasteiger partial charge in [0.25, 0.3) is 0 Å². The molecule has 20 heavy (non-hydrogen) atoms. The number of unbranched alkanes of at least 4 members (excludes halogenated alkanes) is 6. The summed E-state index contributed by atoms with van der Waals surface area (Å²) in [6.45, 7) is 6.22. The number of hydrogen-bond acceptors (Lipinski definition) is 3. The third kappa shape index (κ3) is 10.0. The van der Waals surface area contributed by atoms with E-state index < -0.39 is 6.09 Å². The highest BCUT2D eigenvalue weighted by Crippen LogP contribution is 2.06. The van der Waals surface area contributed by atoms with Crippen molar-refractivity contribution in [3.63, 3.8) is 0 Å². The minimum Gasteiger partial charge on any atom is -0.453 e. The van der Waals surface area contributed by atoms with Crippen LogP contribution in [0, 0.1) is 0 Å². The van der Waals surface area contributed by atoms with E-state index in [-0.39, 0.29) is 0 Å². The molecule has 0 saturated heterocycles. The predicted molar refractivity (Wildman–Crippen MR) is 88.0 cm³/mol. The third-order valence-electron chi connectivity index (χ3n) is 3.24. The fraction of sp³-hybridized carbons (Fsp3) is 0.867. The Morgan fingerprint density at radius 2 is 1.50 bits per heavy atom. The number of rotatable bonds is 10. The molecular formula is C15H30N2O2S.